The molecule has 0 saturated heterocycles. The van der Waals surface area contributed by atoms with Gasteiger partial charge in [0.1, 0.15) is 0 Å². The van der Waals surface area contributed by atoms with Gasteiger partial charge in [-0.25, -0.2) is 4.98 Å². The van der Waals surface area contributed by atoms with E-state index >= 15 is 0 Å². The van der Waals surface area contributed by atoms with E-state index in [4.69, 9.17) is 9.47 Å². The molecule has 1 heterocycles. The SMILES string of the molecule is C=CCC(N[C@H](CO)c1ccccc1)c1cnc(OC)nc1OC. The summed E-state index contributed by atoms with van der Waals surface area (Å²) < 4.78 is 10.4. The van der Waals surface area contributed by atoms with Gasteiger partial charge in [-0.15, -0.1) is 6.58 Å². The highest BCUT2D eigenvalue weighted by atomic mass is 16.5. The normalized spacial score (nSPS) is 13.1. The summed E-state index contributed by atoms with van der Waals surface area (Å²) in [7, 11) is 3.06. The van der Waals surface area contributed by atoms with Crippen molar-refractivity contribution < 1.29 is 14.6 Å². The van der Waals surface area contributed by atoms with Gasteiger partial charge in [-0.3, -0.25) is 0 Å². The van der Waals surface area contributed by atoms with Crippen LogP contribution in [0.25, 0.3) is 0 Å². The second-order valence-corrected chi connectivity index (χ2v) is 5.21. The molecule has 0 amide bonds. The van der Waals surface area contributed by atoms with Crippen LogP contribution in [0.2, 0.25) is 0 Å². The number of methoxy groups -OCH3 is 2. The molecular weight excluding hydrogens is 306 g/mol. The van der Waals surface area contributed by atoms with Crippen molar-refractivity contribution in [1.29, 1.82) is 0 Å². The summed E-state index contributed by atoms with van der Waals surface area (Å²) in [5.41, 5.74) is 1.79. The van der Waals surface area contributed by atoms with Crippen molar-refractivity contribution in [3.05, 3.63) is 60.3 Å². The molecule has 1 aromatic carbocycles. The van der Waals surface area contributed by atoms with Crippen LogP contribution in [0.4, 0.5) is 0 Å². The summed E-state index contributed by atoms with van der Waals surface area (Å²) in [6, 6.07) is 9.65. The lowest BCUT2D eigenvalue weighted by molar-refractivity contribution is 0.231. The molecule has 0 bridgehead atoms. The van der Waals surface area contributed by atoms with Gasteiger partial charge in [-0.2, -0.15) is 4.98 Å². The smallest absolute Gasteiger partial charge is 0.319 e. The zero-order chi connectivity index (χ0) is 17.4. The lowest BCUT2D eigenvalue weighted by atomic mass is 10.0. The lowest BCUT2D eigenvalue weighted by Crippen LogP contribution is -2.29. The molecule has 2 rings (SSSR count). The van der Waals surface area contributed by atoms with Crippen LogP contribution in [0.3, 0.4) is 0 Å². The summed E-state index contributed by atoms with van der Waals surface area (Å²) in [4.78, 5) is 8.39. The maximum Gasteiger partial charge on any atom is 0.319 e. The average Bonchev–Trinajstić information content (AvgIpc) is 2.65. The first kappa shape index (κ1) is 17.9. The summed E-state index contributed by atoms with van der Waals surface area (Å²) in [6.07, 6.45) is 4.11. The maximum absolute atomic E-state index is 9.78. The van der Waals surface area contributed by atoms with Crippen molar-refractivity contribution in [3.63, 3.8) is 0 Å². The zero-order valence-electron chi connectivity index (χ0n) is 14.0. The van der Waals surface area contributed by atoms with Crippen LogP contribution in [0.1, 0.15) is 29.6 Å². The van der Waals surface area contributed by atoms with Gasteiger partial charge < -0.3 is 19.9 Å². The third-order valence-corrected chi connectivity index (χ3v) is 3.70. The Morgan fingerprint density at radius 3 is 2.54 bits per heavy atom. The molecule has 0 fully saturated rings. The largest absolute Gasteiger partial charge is 0.481 e. The Balaban J connectivity index is 2.30. The minimum Gasteiger partial charge on any atom is -0.481 e. The van der Waals surface area contributed by atoms with Crippen LogP contribution in [0.5, 0.6) is 11.9 Å². The first-order valence-electron chi connectivity index (χ1n) is 7.71. The molecule has 6 nitrogen and oxygen atoms in total. The van der Waals surface area contributed by atoms with Gasteiger partial charge in [0.2, 0.25) is 5.88 Å². The molecule has 0 saturated carbocycles. The minimum atomic E-state index is -0.219. The first-order valence-corrected chi connectivity index (χ1v) is 7.71. The molecule has 0 aliphatic rings. The van der Waals surface area contributed by atoms with Crippen molar-refractivity contribution in [3.8, 4) is 11.9 Å². The van der Waals surface area contributed by atoms with Gasteiger partial charge in [0, 0.05) is 12.2 Å². The molecule has 1 aromatic heterocycles. The number of aliphatic hydroxyl groups is 1. The third-order valence-electron chi connectivity index (χ3n) is 3.70. The monoisotopic (exact) mass is 329 g/mol. The standard InChI is InChI=1S/C18H23N3O3/c1-4-8-15(14-11-19-18(24-3)21-17(14)23-2)20-16(12-22)13-9-6-5-7-10-13/h4-7,9-11,15-16,20,22H,1,8,12H2,2-3H3/t15?,16-/m1/s1. The molecule has 1 unspecified atom stereocenters. The minimum absolute atomic E-state index is 0.0308. The second kappa shape index (κ2) is 9.00. The van der Waals surface area contributed by atoms with E-state index in [0.717, 1.165) is 11.1 Å². The van der Waals surface area contributed by atoms with Crippen molar-refractivity contribution in [2.45, 2.75) is 18.5 Å². The Kier molecular flexibility index (Phi) is 6.72. The predicted octanol–water partition coefficient (Wildman–Crippen LogP) is 2.43. The topological polar surface area (TPSA) is 76.5 Å². The van der Waals surface area contributed by atoms with Gasteiger partial charge in [0.25, 0.3) is 0 Å². The third kappa shape index (κ3) is 4.31. The Morgan fingerprint density at radius 1 is 1.21 bits per heavy atom. The molecule has 2 aromatic rings. The van der Waals surface area contributed by atoms with E-state index < -0.39 is 0 Å². The molecule has 2 N–H and O–H groups in total. The number of nitrogens with one attached hydrogen (secondary N) is 1. The Morgan fingerprint density at radius 2 is 1.96 bits per heavy atom. The van der Waals surface area contributed by atoms with E-state index in [2.05, 4.69) is 21.9 Å². The van der Waals surface area contributed by atoms with Gasteiger partial charge in [0.05, 0.1) is 32.4 Å². The maximum atomic E-state index is 9.78. The lowest BCUT2D eigenvalue weighted by Gasteiger charge is -2.25. The van der Waals surface area contributed by atoms with E-state index in [1.54, 1.807) is 19.4 Å². The molecule has 24 heavy (non-hydrogen) atoms. The highest BCUT2D eigenvalue weighted by Crippen LogP contribution is 2.29. The van der Waals surface area contributed by atoms with Crippen molar-refractivity contribution in [2.75, 3.05) is 20.8 Å². The van der Waals surface area contributed by atoms with E-state index in [1.165, 1.54) is 7.11 Å². The number of benzene rings is 1. The number of nitrogens with zero attached hydrogens (tertiary/aromatic N) is 2. The fourth-order valence-corrected chi connectivity index (χ4v) is 2.50. The van der Waals surface area contributed by atoms with E-state index in [1.807, 2.05) is 30.3 Å². The average molecular weight is 329 g/mol. The number of rotatable bonds is 9. The van der Waals surface area contributed by atoms with Gasteiger partial charge in [-0.1, -0.05) is 36.4 Å². The van der Waals surface area contributed by atoms with Crippen molar-refractivity contribution in [2.24, 2.45) is 0 Å². The van der Waals surface area contributed by atoms with Crippen LogP contribution in [0.15, 0.2) is 49.2 Å². The zero-order valence-corrected chi connectivity index (χ0v) is 14.0. The Bertz CT molecular complexity index is 649. The Labute approximate surface area is 142 Å². The highest BCUT2D eigenvalue weighted by molar-refractivity contribution is 5.30. The molecule has 0 radical (unpaired) electrons. The van der Waals surface area contributed by atoms with E-state index in [9.17, 15) is 5.11 Å². The fraction of sp³-hybridized carbons (Fsp3) is 0.333. The number of ether oxygens (including phenoxy) is 2. The summed E-state index contributed by atoms with van der Waals surface area (Å²) >= 11 is 0. The van der Waals surface area contributed by atoms with Crippen LogP contribution in [0, 0.1) is 0 Å². The fourth-order valence-electron chi connectivity index (χ4n) is 2.50. The van der Waals surface area contributed by atoms with E-state index in [0.29, 0.717) is 12.3 Å². The van der Waals surface area contributed by atoms with Crippen molar-refractivity contribution in [1.82, 2.24) is 15.3 Å². The van der Waals surface area contributed by atoms with Crippen LogP contribution >= 0.6 is 0 Å². The molecule has 128 valence electrons. The number of hydrogen-bond donors (Lipinski definition) is 2. The van der Waals surface area contributed by atoms with Crippen LogP contribution in [-0.2, 0) is 0 Å². The Hall–Kier alpha value is -2.44. The summed E-state index contributed by atoms with van der Waals surface area (Å²) in [5, 5.41) is 13.2. The molecular formula is C18H23N3O3. The second-order valence-electron chi connectivity index (χ2n) is 5.21. The quantitative estimate of drug-likeness (QED) is 0.688. The van der Waals surface area contributed by atoms with Crippen LogP contribution in [-0.4, -0.2) is 35.9 Å². The molecule has 2 atom stereocenters. The summed E-state index contributed by atoms with van der Waals surface area (Å²) in [6.45, 7) is 3.78. The van der Waals surface area contributed by atoms with E-state index in [-0.39, 0.29) is 24.7 Å². The molecule has 0 aliphatic heterocycles. The predicted molar refractivity (Wildman–Crippen MR) is 92.1 cm³/mol. The van der Waals surface area contributed by atoms with Crippen molar-refractivity contribution >= 4 is 0 Å². The number of aliphatic hydroxyl groups excluding tert-OH is 1. The van der Waals surface area contributed by atoms with Gasteiger partial charge in [-0.05, 0) is 12.0 Å². The first-order chi connectivity index (χ1) is 11.7. The van der Waals surface area contributed by atoms with Crippen LogP contribution < -0.4 is 14.8 Å². The van der Waals surface area contributed by atoms with Gasteiger partial charge in [0.15, 0.2) is 0 Å². The molecule has 0 aliphatic carbocycles. The number of aromatic nitrogens is 2. The molecule has 0 spiro atoms. The van der Waals surface area contributed by atoms with Gasteiger partial charge >= 0.3 is 6.01 Å². The highest BCUT2D eigenvalue weighted by Gasteiger charge is 2.22. The summed E-state index contributed by atoms with van der Waals surface area (Å²) in [5.74, 6) is 0.436. The number of hydrogen-bond acceptors (Lipinski definition) is 6. The molecule has 6 heteroatoms.